The first-order valence-corrected chi connectivity index (χ1v) is 9.63. The van der Waals surface area contributed by atoms with Crippen LogP contribution < -0.4 is 10.2 Å². The summed E-state index contributed by atoms with van der Waals surface area (Å²) in [4.78, 5) is 19.4. The maximum atomic E-state index is 12.5. The molecule has 3 rings (SSSR count). The molecule has 1 N–H and O–H groups in total. The van der Waals surface area contributed by atoms with Crippen LogP contribution in [0.3, 0.4) is 0 Å². The van der Waals surface area contributed by atoms with Gasteiger partial charge in [-0.2, -0.15) is 0 Å². The molecule has 1 aliphatic rings. The molecule has 0 saturated carbocycles. The number of carbonyl (C=O) groups is 1. The molecule has 0 atom stereocenters. The number of para-hydroxylation sites is 1. The zero-order valence-electron chi connectivity index (χ0n) is 15.5. The lowest BCUT2D eigenvalue weighted by atomic mass is 10.1. The van der Waals surface area contributed by atoms with E-state index in [9.17, 15) is 4.79 Å². The number of rotatable bonds is 8. The molecule has 0 spiro atoms. The largest absolute Gasteiger partial charge is 0.359 e. The minimum Gasteiger partial charge on any atom is -0.359 e. The number of unbranched alkanes of at least 4 members (excludes halogenated alkanes) is 5. The Bertz CT molecular complexity index is 741. The molecule has 1 amide bonds. The van der Waals surface area contributed by atoms with E-state index in [4.69, 9.17) is 4.98 Å². The quantitative estimate of drug-likeness (QED) is 0.695. The van der Waals surface area contributed by atoms with E-state index in [2.05, 4.69) is 30.3 Å². The number of aromatic nitrogens is 1. The Kier molecular flexibility index (Phi) is 5.90. The zero-order chi connectivity index (χ0) is 17.6. The third kappa shape index (κ3) is 4.12. The van der Waals surface area contributed by atoms with Crippen molar-refractivity contribution >= 4 is 28.3 Å². The number of nitrogens with zero attached hydrogens (tertiary/aromatic N) is 2. The lowest BCUT2D eigenvalue weighted by Crippen LogP contribution is -2.15. The fraction of sp³-hybridized carbons (Fsp3) is 0.524. The third-order valence-corrected chi connectivity index (χ3v) is 5.05. The highest BCUT2D eigenvalue weighted by atomic mass is 16.1. The summed E-state index contributed by atoms with van der Waals surface area (Å²) >= 11 is 0. The maximum Gasteiger partial charge on any atom is 0.224 e. The molecule has 1 aromatic carbocycles. The lowest BCUT2D eigenvalue weighted by Gasteiger charge is -2.16. The van der Waals surface area contributed by atoms with Gasteiger partial charge in [0.25, 0.3) is 0 Å². The Balaban J connectivity index is 1.69. The number of amides is 1. The predicted octanol–water partition coefficient (Wildman–Crippen LogP) is 4.92. The molecular weight excluding hydrogens is 310 g/mol. The van der Waals surface area contributed by atoms with Crippen LogP contribution in [0.5, 0.6) is 0 Å². The summed E-state index contributed by atoms with van der Waals surface area (Å²) in [5.41, 5.74) is 3.10. The van der Waals surface area contributed by atoms with Crippen LogP contribution >= 0.6 is 0 Å². The standard InChI is InChI=1S/C21H29N3O/c1-3-4-5-6-7-8-13-19(25)23-20-16-11-9-10-12-18(16)22-21-17(20)14-15-24(21)2/h9-12H,3-8,13-15H2,1-2H3,(H,22,23,25). The number of nitrogens with one attached hydrogen (secondary N) is 1. The van der Waals surface area contributed by atoms with Crippen molar-refractivity contribution in [1.29, 1.82) is 0 Å². The van der Waals surface area contributed by atoms with E-state index in [0.717, 1.165) is 48.2 Å². The van der Waals surface area contributed by atoms with Crippen LogP contribution in [-0.2, 0) is 11.2 Å². The van der Waals surface area contributed by atoms with Crippen molar-refractivity contribution in [2.75, 3.05) is 23.8 Å². The Morgan fingerprint density at radius 2 is 1.92 bits per heavy atom. The average molecular weight is 339 g/mol. The molecule has 134 valence electrons. The maximum absolute atomic E-state index is 12.5. The van der Waals surface area contributed by atoms with E-state index in [-0.39, 0.29) is 5.91 Å². The Labute approximate surface area is 150 Å². The number of fused-ring (bicyclic) bond motifs is 2. The number of hydrogen-bond acceptors (Lipinski definition) is 3. The van der Waals surface area contributed by atoms with Gasteiger partial charge in [-0.15, -0.1) is 0 Å². The van der Waals surface area contributed by atoms with E-state index in [1.165, 1.54) is 31.2 Å². The topological polar surface area (TPSA) is 45.2 Å². The van der Waals surface area contributed by atoms with Crippen molar-refractivity contribution in [2.24, 2.45) is 0 Å². The Hall–Kier alpha value is -2.10. The van der Waals surface area contributed by atoms with Crippen molar-refractivity contribution < 1.29 is 4.79 Å². The van der Waals surface area contributed by atoms with Gasteiger partial charge in [0.05, 0.1) is 11.2 Å². The van der Waals surface area contributed by atoms with Gasteiger partial charge in [0.1, 0.15) is 5.82 Å². The van der Waals surface area contributed by atoms with E-state index in [1.807, 2.05) is 18.2 Å². The molecule has 0 unspecified atom stereocenters. The summed E-state index contributed by atoms with van der Waals surface area (Å²) in [6.45, 7) is 3.18. The van der Waals surface area contributed by atoms with E-state index in [0.29, 0.717) is 6.42 Å². The van der Waals surface area contributed by atoms with Gasteiger partial charge in [0.15, 0.2) is 0 Å². The first-order valence-electron chi connectivity index (χ1n) is 9.63. The fourth-order valence-corrected chi connectivity index (χ4v) is 3.59. The van der Waals surface area contributed by atoms with E-state index < -0.39 is 0 Å². The first-order chi connectivity index (χ1) is 12.2. The van der Waals surface area contributed by atoms with Crippen LogP contribution in [0.15, 0.2) is 24.3 Å². The van der Waals surface area contributed by atoms with Gasteiger partial charge in [-0.1, -0.05) is 57.2 Å². The zero-order valence-corrected chi connectivity index (χ0v) is 15.5. The highest BCUT2D eigenvalue weighted by Crippen LogP contribution is 2.36. The molecule has 1 aliphatic heterocycles. The normalized spacial score (nSPS) is 13.3. The summed E-state index contributed by atoms with van der Waals surface area (Å²) in [5.74, 6) is 1.14. The first kappa shape index (κ1) is 17.7. The van der Waals surface area contributed by atoms with Gasteiger partial charge in [0.2, 0.25) is 5.91 Å². The molecule has 1 aromatic heterocycles. The average Bonchev–Trinajstić information content (AvgIpc) is 2.99. The molecule has 25 heavy (non-hydrogen) atoms. The van der Waals surface area contributed by atoms with E-state index >= 15 is 0 Å². The number of benzene rings is 1. The van der Waals surface area contributed by atoms with Crippen molar-refractivity contribution in [3.63, 3.8) is 0 Å². The van der Waals surface area contributed by atoms with Gasteiger partial charge in [-0.05, 0) is 18.9 Å². The highest BCUT2D eigenvalue weighted by Gasteiger charge is 2.23. The molecule has 2 heterocycles. The molecule has 4 heteroatoms. The van der Waals surface area contributed by atoms with Crippen LogP contribution in [-0.4, -0.2) is 24.5 Å². The summed E-state index contributed by atoms with van der Waals surface area (Å²) in [7, 11) is 2.06. The molecule has 0 radical (unpaired) electrons. The van der Waals surface area contributed by atoms with Gasteiger partial charge in [-0.3, -0.25) is 4.79 Å². The van der Waals surface area contributed by atoms with Gasteiger partial charge in [-0.25, -0.2) is 4.98 Å². The highest BCUT2D eigenvalue weighted by molar-refractivity contribution is 6.04. The molecule has 2 aromatic rings. The van der Waals surface area contributed by atoms with Crippen LogP contribution in [0, 0.1) is 0 Å². The van der Waals surface area contributed by atoms with Crippen LogP contribution in [0.4, 0.5) is 11.5 Å². The van der Waals surface area contributed by atoms with Crippen LogP contribution in [0.25, 0.3) is 10.9 Å². The second-order valence-electron chi connectivity index (χ2n) is 7.04. The van der Waals surface area contributed by atoms with Crippen molar-refractivity contribution in [3.05, 3.63) is 29.8 Å². The van der Waals surface area contributed by atoms with Crippen molar-refractivity contribution in [2.45, 2.75) is 58.3 Å². The molecule has 0 bridgehead atoms. The Morgan fingerprint density at radius 3 is 2.76 bits per heavy atom. The molecule has 0 saturated heterocycles. The fourth-order valence-electron chi connectivity index (χ4n) is 3.59. The second kappa shape index (κ2) is 8.32. The molecule has 0 aliphatic carbocycles. The number of carbonyl (C=O) groups excluding carboxylic acids is 1. The van der Waals surface area contributed by atoms with Crippen molar-refractivity contribution in [1.82, 2.24) is 4.98 Å². The van der Waals surface area contributed by atoms with Gasteiger partial charge in [0, 0.05) is 31.0 Å². The summed E-state index contributed by atoms with van der Waals surface area (Å²) in [5, 5.41) is 4.25. The smallest absolute Gasteiger partial charge is 0.224 e. The predicted molar refractivity (Wildman–Crippen MR) is 105 cm³/mol. The minimum atomic E-state index is 0.128. The molecular formula is C21H29N3O. The second-order valence-corrected chi connectivity index (χ2v) is 7.04. The van der Waals surface area contributed by atoms with E-state index in [1.54, 1.807) is 0 Å². The Morgan fingerprint density at radius 1 is 1.16 bits per heavy atom. The van der Waals surface area contributed by atoms with Gasteiger partial charge < -0.3 is 10.2 Å². The van der Waals surface area contributed by atoms with Gasteiger partial charge >= 0.3 is 0 Å². The lowest BCUT2D eigenvalue weighted by molar-refractivity contribution is -0.116. The minimum absolute atomic E-state index is 0.128. The van der Waals surface area contributed by atoms with Crippen molar-refractivity contribution in [3.8, 4) is 0 Å². The molecule has 0 fully saturated rings. The number of hydrogen-bond donors (Lipinski definition) is 1. The summed E-state index contributed by atoms with van der Waals surface area (Å²) < 4.78 is 0. The number of pyridine rings is 1. The number of anilines is 2. The monoisotopic (exact) mass is 339 g/mol. The number of likely N-dealkylation sites (N-methyl/N-ethyl adjacent to an activating group) is 1. The molecule has 4 nitrogen and oxygen atoms in total. The summed E-state index contributed by atoms with van der Waals surface area (Å²) in [6, 6.07) is 8.09. The SMILES string of the molecule is CCCCCCCCC(=O)Nc1c2c(nc3ccccc13)N(C)CC2. The van der Waals surface area contributed by atoms with Crippen LogP contribution in [0.1, 0.15) is 57.4 Å². The van der Waals surface area contributed by atoms with Crippen LogP contribution in [0.2, 0.25) is 0 Å². The third-order valence-electron chi connectivity index (χ3n) is 5.05. The summed E-state index contributed by atoms with van der Waals surface area (Å²) in [6.07, 6.45) is 8.74.